The zero-order valence-corrected chi connectivity index (χ0v) is 19.0. The Balaban J connectivity index is 1.28. The lowest BCUT2D eigenvalue weighted by Gasteiger charge is -2.13. The lowest BCUT2D eigenvalue weighted by molar-refractivity contribution is 0.548. The molecule has 0 spiro atoms. The summed E-state index contributed by atoms with van der Waals surface area (Å²) >= 11 is 0. The molecule has 0 aromatic heterocycles. The molecule has 0 atom stereocenters. The third kappa shape index (κ3) is 7.89. The van der Waals surface area contributed by atoms with Crippen LogP contribution >= 0.6 is 0 Å². The number of nitrogens with one attached hydrogen (secondary N) is 3. The van der Waals surface area contributed by atoms with Gasteiger partial charge >= 0.3 is 0 Å². The van der Waals surface area contributed by atoms with Crippen LogP contribution in [-0.4, -0.2) is 39.3 Å². The van der Waals surface area contributed by atoms with Crippen molar-refractivity contribution in [1.29, 1.82) is 0 Å². The topological polar surface area (TPSA) is 62.1 Å². The van der Waals surface area contributed by atoms with Gasteiger partial charge in [-0.2, -0.15) is 0 Å². The molecule has 0 amide bonds. The summed E-state index contributed by atoms with van der Waals surface area (Å²) in [5.41, 5.74) is 6.92. The van der Waals surface area contributed by atoms with E-state index in [4.69, 9.17) is 5.73 Å². The fourth-order valence-electron chi connectivity index (χ4n) is 4.16. The normalized spacial score (nSPS) is 11.5. The largest absolute Gasteiger partial charge is 0.330 e. The van der Waals surface area contributed by atoms with Crippen LogP contribution in [-0.2, 0) is 6.54 Å². The van der Waals surface area contributed by atoms with Gasteiger partial charge < -0.3 is 21.7 Å². The summed E-state index contributed by atoms with van der Waals surface area (Å²) in [6.07, 6.45) is 7.24. The Hall–Kier alpha value is -1.98. The van der Waals surface area contributed by atoms with Gasteiger partial charge in [0, 0.05) is 6.54 Å². The van der Waals surface area contributed by atoms with Gasteiger partial charge in [-0.1, -0.05) is 48.5 Å². The molecule has 3 aromatic rings. The fourth-order valence-corrected chi connectivity index (χ4v) is 4.16. The second kappa shape index (κ2) is 14.2. The Labute approximate surface area is 188 Å². The molecule has 0 aliphatic carbocycles. The van der Waals surface area contributed by atoms with E-state index in [9.17, 15) is 0 Å². The lowest BCUT2D eigenvalue weighted by atomic mass is 9.97. The van der Waals surface area contributed by atoms with Crippen molar-refractivity contribution < 1.29 is 0 Å². The first-order chi connectivity index (χ1) is 15.4. The van der Waals surface area contributed by atoms with E-state index >= 15 is 0 Å². The Kier molecular flexibility index (Phi) is 10.8. The van der Waals surface area contributed by atoms with E-state index < -0.39 is 0 Å². The van der Waals surface area contributed by atoms with Crippen molar-refractivity contribution >= 4 is 21.5 Å². The van der Waals surface area contributed by atoms with Crippen LogP contribution in [0.2, 0.25) is 0 Å². The van der Waals surface area contributed by atoms with Gasteiger partial charge in [0.1, 0.15) is 0 Å². The van der Waals surface area contributed by atoms with Crippen LogP contribution in [0.25, 0.3) is 21.5 Å². The van der Waals surface area contributed by atoms with Gasteiger partial charge in [-0.05, 0) is 111 Å². The maximum Gasteiger partial charge on any atom is 0.0217 e. The summed E-state index contributed by atoms with van der Waals surface area (Å²) < 4.78 is 0. The lowest BCUT2D eigenvalue weighted by Crippen LogP contribution is -2.22. The molecule has 0 unspecified atom stereocenters. The van der Waals surface area contributed by atoms with Crippen molar-refractivity contribution in [3.63, 3.8) is 0 Å². The second-order valence-electron chi connectivity index (χ2n) is 8.38. The number of fused-ring (bicyclic) bond motifs is 2. The first-order valence-corrected chi connectivity index (χ1v) is 12.1. The average molecular weight is 421 g/mol. The minimum Gasteiger partial charge on any atom is -0.330 e. The highest BCUT2D eigenvalue weighted by atomic mass is 14.9. The standard InChI is InChI=1S/C27H40N4/c28-15-5-6-16-29-17-7-8-18-30-19-9-10-20-31-22-27-25-13-3-1-11-23(25)21-24-12-2-4-14-26(24)27/h1-4,11-14,21,29-31H,5-10,15-20,22,28H2. The first kappa shape index (κ1) is 23.7. The molecule has 0 bridgehead atoms. The van der Waals surface area contributed by atoms with Gasteiger partial charge in [-0.15, -0.1) is 0 Å². The quantitative estimate of drug-likeness (QED) is 0.203. The Morgan fingerprint density at radius 2 is 1.00 bits per heavy atom. The zero-order chi connectivity index (χ0) is 21.6. The van der Waals surface area contributed by atoms with Crippen molar-refractivity contribution in [1.82, 2.24) is 16.0 Å². The molecule has 4 heteroatoms. The molecule has 0 saturated heterocycles. The molecule has 5 N–H and O–H groups in total. The van der Waals surface area contributed by atoms with E-state index in [2.05, 4.69) is 70.5 Å². The summed E-state index contributed by atoms with van der Waals surface area (Å²) in [6, 6.07) is 19.8. The minimum atomic E-state index is 0.807. The molecular weight excluding hydrogens is 380 g/mol. The Bertz CT molecular complexity index is 839. The number of rotatable bonds is 16. The third-order valence-electron chi connectivity index (χ3n) is 5.91. The fraction of sp³-hybridized carbons (Fsp3) is 0.481. The monoisotopic (exact) mass is 420 g/mol. The van der Waals surface area contributed by atoms with Gasteiger partial charge in [-0.25, -0.2) is 0 Å². The molecule has 0 aliphatic heterocycles. The summed E-state index contributed by atoms with van der Waals surface area (Å²) in [5.74, 6) is 0. The Morgan fingerprint density at radius 3 is 1.52 bits per heavy atom. The van der Waals surface area contributed by atoms with Crippen LogP contribution in [0.3, 0.4) is 0 Å². The van der Waals surface area contributed by atoms with Crippen LogP contribution in [0, 0.1) is 0 Å². The minimum absolute atomic E-state index is 0.807. The smallest absolute Gasteiger partial charge is 0.0217 e. The predicted octanol–water partition coefficient (Wildman–Crippen LogP) is 4.56. The van der Waals surface area contributed by atoms with E-state index in [0.29, 0.717) is 0 Å². The number of nitrogens with two attached hydrogens (primary N) is 1. The van der Waals surface area contributed by atoms with Gasteiger partial charge in [0.05, 0.1) is 0 Å². The molecule has 3 aromatic carbocycles. The molecule has 0 radical (unpaired) electrons. The van der Waals surface area contributed by atoms with E-state index in [1.54, 1.807) is 0 Å². The van der Waals surface area contributed by atoms with Gasteiger partial charge in [0.25, 0.3) is 0 Å². The molecule has 0 saturated carbocycles. The van der Waals surface area contributed by atoms with Gasteiger partial charge in [-0.3, -0.25) is 0 Å². The van der Waals surface area contributed by atoms with Crippen molar-refractivity contribution in [3.05, 3.63) is 60.2 Å². The van der Waals surface area contributed by atoms with Crippen molar-refractivity contribution in [2.75, 3.05) is 39.3 Å². The number of hydrogen-bond acceptors (Lipinski definition) is 4. The zero-order valence-electron chi connectivity index (χ0n) is 19.0. The van der Waals surface area contributed by atoms with Crippen molar-refractivity contribution in [2.45, 2.75) is 45.1 Å². The number of benzene rings is 3. The predicted molar refractivity (Wildman–Crippen MR) is 136 cm³/mol. The molecule has 31 heavy (non-hydrogen) atoms. The Morgan fingerprint density at radius 1 is 0.548 bits per heavy atom. The second-order valence-corrected chi connectivity index (χ2v) is 8.38. The van der Waals surface area contributed by atoms with Crippen LogP contribution in [0.1, 0.15) is 44.1 Å². The van der Waals surface area contributed by atoms with E-state index in [1.165, 1.54) is 59.2 Å². The number of hydrogen-bond donors (Lipinski definition) is 4. The highest BCUT2D eigenvalue weighted by Gasteiger charge is 2.06. The van der Waals surface area contributed by atoms with Crippen LogP contribution in [0.15, 0.2) is 54.6 Å². The van der Waals surface area contributed by atoms with Crippen molar-refractivity contribution in [3.8, 4) is 0 Å². The van der Waals surface area contributed by atoms with E-state index in [0.717, 1.165) is 52.2 Å². The maximum atomic E-state index is 5.50. The average Bonchev–Trinajstić information content (AvgIpc) is 2.81. The van der Waals surface area contributed by atoms with Gasteiger partial charge in [0.15, 0.2) is 0 Å². The summed E-state index contributed by atoms with van der Waals surface area (Å²) in [7, 11) is 0. The van der Waals surface area contributed by atoms with Crippen LogP contribution in [0.4, 0.5) is 0 Å². The maximum absolute atomic E-state index is 5.50. The third-order valence-corrected chi connectivity index (χ3v) is 5.91. The van der Waals surface area contributed by atoms with E-state index in [-0.39, 0.29) is 0 Å². The highest BCUT2D eigenvalue weighted by Crippen LogP contribution is 2.28. The molecular formula is C27H40N4. The molecule has 0 aliphatic rings. The molecule has 0 heterocycles. The highest BCUT2D eigenvalue weighted by molar-refractivity contribution is 6.02. The van der Waals surface area contributed by atoms with E-state index in [1.807, 2.05) is 0 Å². The molecule has 4 nitrogen and oxygen atoms in total. The van der Waals surface area contributed by atoms with Crippen LogP contribution in [0.5, 0.6) is 0 Å². The number of unbranched alkanes of at least 4 members (excludes halogenated alkanes) is 3. The summed E-state index contributed by atoms with van der Waals surface area (Å²) in [5, 5.41) is 16.1. The van der Waals surface area contributed by atoms with Crippen LogP contribution < -0.4 is 21.7 Å². The molecule has 3 rings (SSSR count). The molecule has 168 valence electrons. The van der Waals surface area contributed by atoms with Crippen molar-refractivity contribution in [2.24, 2.45) is 5.73 Å². The summed E-state index contributed by atoms with van der Waals surface area (Å²) in [4.78, 5) is 0. The molecule has 0 fully saturated rings. The first-order valence-electron chi connectivity index (χ1n) is 12.1. The summed E-state index contributed by atoms with van der Waals surface area (Å²) in [6.45, 7) is 7.26. The SMILES string of the molecule is NCCCCNCCCCNCCCCNCc1c2ccccc2cc2ccccc12. The van der Waals surface area contributed by atoms with Gasteiger partial charge in [0.2, 0.25) is 0 Å².